The van der Waals surface area contributed by atoms with Gasteiger partial charge in [-0.1, -0.05) is 0 Å². The lowest BCUT2D eigenvalue weighted by Crippen LogP contribution is -2.58. The molecular weight excluding hydrogens is 248 g/mol. The van der Waals surface area contributed by atoms with Crippen molar-refractivity contribution in [3.05, 3.63) is 0 Å². The number of hydrogen-bond donors (Lipinski definition) is 1. The zero-order chi connectivity index (χ0) is 12.8. The maximum absolute atomic E-state index is 12.5. The lowest BCUT2D eigenvalue weighted by atomic mass is 9.56. The van der Waals surface area contributed by atoms with Crippen molar-refractivity contribution >= 4 is 10.0 Å². The average molecular weight is 268 g/mol. The second kappa shape index (κ2) is 4.21. The highest BCUT2D eigenvalue weighted by Crippen LogP contribution is 2.58. The van der Waals surface area contributed by atoms with Gasteiger partial charge in [0, 0.05) is 13.0 Å². The molecule has 4 bridgehead atoms. The first-order chi connectivity index (χ1) is 8.55. The zero-order valence-corrected chi connectivity index (χ0v) is 11.4. The van der Waals surface area contributed by atoms with E-state index in [-0.39, 0.29) is 13.0 Å². The Balaban J connectivity index is 1.80. The summed E-state index contributed by atoms with van der Waals surface area (Å²) in [5.74, 6) is 1.89. The summed E-state index contributed by atoms with van der Waals surface area (Å²) < 4.78 is 27.2. The maximum Gasteiger partial charge on any atom is 0.217 e. The van der Waals surface area contributed by atoms with Gasteiger partial charge in [-0.15, -0.1) is 0 Å². The van der Waals surface area contributed by atoms with E-state index in [1.807, 2.05) is 6.07 Å². The van der Waals surface area contributed by atoms with Gasteiger partial charge < -0.3 is 0 Å². The molecule has 100 valence electrons. The van der Waals surface area contributed by atoms with Crippen molar-refractivity contribution in [2.45, 2.75) is 49.7 Å². The molecule has 4 nitrogen and oxygen atoms in total. The van der Waals surface area contributed by atoms with Gasteiger partial charge in [-0.2, -0.15) is 5.26 Å². The number of rotatable bonds is 4. The molecule has 0 atom stereocenters. The zero-order valence-electron chi connectivity index (χ0n) is 10.6. The number of nitrogens with zero attached hydrogens (tertiary/aromatic N) is 1. The Hall–Kier alpha value is -0.600. The summed E-state index contributed by atoms with van der Waals surface area (Å²) in [6, 6.07) is 1.99. The SMILES string of the molecule is N#CCCNS(=O)(=O)C12CC3CC(CC(C3)C1)C2. The van der Waals surface area contributed by atoms with Crippen LogP contribution in [-0.2, 0) is 10.0 Å². The van der Waals surface area contributed by atoms with Crippen molar-refractivity contribution in [2.24, 2.45) is 17.8 Å². The molecule has 0 aliphatic heterocycles. The molecule has 0 unspecified atom stereocenters. The first-order valence-electron chi connectivity index (χ1n) is 6.91. The standard InChI is InChI=1S/C13H20N2O2S/c14-2-1-3-15-18(16,17)13-7-10-4-11(8-13)6-12(5-10)9-13/h10-12,15H,1,3-9H2. The van der Waals surface area contributed by atoms with Gasteiger partial charge in [0.15, 0.2) is 0 Å². The highest BCUT2D eigenvalue weighted by atomic mass is 32.2. The van der Waals surface area contributed by atoms with Crippen LogP contribution >= 0.6 is 0 Å². The van der Waals surface area contributed by atoms with Crippen molar-refractivity contribution in [1.29, 1.82) is 5.26 Å². The molecule has 0 spiro atoms. The van der Waals surface area contributed by atoms with Gasteiger partial charge >= 0.3 is 0 Å². The fourth-order valence-corrected chi connectivity index (χ4v) is 6.80. The summed E-state index contributed by atoms with van der Waals surface area (Å²) in [5, 5.41) is 8.51. The van der Waals surface area contributed by atoms with Crippen LogP contribution in [0.5, 0.6) is 0 Å². The summed E-state index contributed by atoms with van der Waals surface area (Å²) in [7, 11) is -3.25. The molecule has 4 fully saturated rings. The summed E-state index contributed by atoms with van der Waals surface area (Å²) in [6.45, 7) is 0.264. The summed E-state index contributed by atoms with van der Waals surface area (Å²) in [5.41, 5.74) is 0. The van der Waals surface area contributed by atoms with E-state index in [9.17, 15) is 8.42 Å². The Morgan fingerprint density at radius 1 is 1.11 bits per heavy atom. The Morgan fingerprint density at radius 3 is 2.06 bits per heavy atom. The summed E-state index contributed by atoms with van der Waals surface area (Å²) in [4.78, 5) is 0. The lowest BCUT2D eigenvalue weighted by Gasteiger charge is -2.55. The number of sulfonamides is 1. The molecule has 4 saturated carbocycles. The molecule has 4 aliphatic rings. The summed E-state index contributed by atoms with van der Waals surface area (Å²) >= 11 is 0. The number of hydrogen-bond acceptors (Lipinski definition) is 3. The monoisotopic (exact) mass is 268 g/mol. The van der Waals surface area contributed by atoms with Crippen LogP contribution in [0.3, 0.4) is 0 Å². The maximum atomic E-state index is 12.5. The van der Waals surface area contributed by atoms with Gasteiger partial charge in [0.25, 0.3) is 0 Å². The smallest absolute Gasteiger partial charge is 0.214 e. The van der Waals surface area contributed by atoms with Gasteiger partial charge in [-0.25, -0.2) is 13.1 Å². The Kier molecular flexibility index (Phi) is 2.91. The molecule has 1 N–H and O–H groups in total. The Labute approximate surface area is 109 Å². The van der Waals surface area contributed by atoms with Crippen LogP contribution < -0.4 is 4.72 Å². The molecule has 5 heteroatoms. The highest BCUT2D eigenvalue weighted by molar-refractivity contribution is 7.90. The average Bonchev–Trinajstić information content (AvgIpc) is 2.27. The molecule has 4 aliphatic carbocycles. The van der Waals surface area contributed by atoms with Crippen LogP contribution in [0, 0.1) is 29.1 Å². The Morgan fingerprint density at radius 2 is 1.61 bits per heavy atom. The van der Waals surface area contributed by atoms with Crippen LogP contribution in [0.15, 0.2) is 0 Å². The van der Waals surface area contributed by atoms with Gasteiger partial charge in [0.1, 0.15) is 0 Å². The van der Waals surface area contributed by atoms with E-state index in [0.29, 0.717) is 17.8 Å². The number of nitriles is 1. The topological polar surface area (TPSA) is 70.0 Å². The van der Waals surface area contributed by atoms with Gasteiger partial charge in [0.2, 0.25) is 10.0 Å². The van der Waals surface area contributed by atoms with Crippen molar-refractivity contribution in [3.8, 4) is 6.07 Å². The molecule has 4 rings (SSSR count). The predicted octanol–water partition coefficient (Wildman–Crippen LogP) is 1.79. The quantitative estimate of drug-likeness (QED) is 0.790. The minimum Gasteiger partial charge on any atom is -0.214 e. The van der Waals surface area contributed by atoms with Crippen molar-refractivity contribution in [1.82, 2.24) is 4.72 Å². The van der Waals surface area contributed by atoms with Gasteiger partial charge in [-0.05, 0) is 56.3 Å². The van der Waals surface area contributed by atoms with Crippen molar-refractivity contribution in [2.75, 3.05) is 6.54 Å². The summed E-state index contributed by atoms with van der Waals surface area (Å²) in [6.07, 6.45) is 6.53. The van der Waals surface area contributed by atoms with Crippen LogP contribution in [0.2, 0.25) is 0 Å². The van der Waals surface area contributed by atoms with E-state index in [1.165, 1.54) is 19.3 Å². The molecule has 0 amide bonds. The third-order valence-electron chi connectivity index (χ3n) is 5.08. The first-order valence-corrected chi connectivity index (χ1v) is 8.39. The fraction of sp³-hybridized carbons (Fsp3) is 0.923. The van der Waals surface area contributed by atoms with Crippen LogP contribution in [0.25, 0.3) is 0 Å². The van der Waals surface area contributed by atoms with Crippen LogP contribution in [0.1, 0.15) is 44.9 Å². The van der Waals surface area contributed by atoms with E-state index in [1.54, 1.807) is 0 Å². The van der Waals surface area contributed by atoms with Crippen molar-refractivity contribution < 1.29 is 8.42 Å². The lowest BCUT2D eigenvalue weighted by molar-refractivity contribution is 0.0333. The van der Waals surface area contributed by atoms with E-state index < -0.39 is 14.8 Å². The molecule has 0 radical (unpaired) electrons. The van der Waals surface area contributed by atoms with Gasteiger partial charge in [-0.3, -0.25) is 0 Å². The molecule has 0 aromatic carbocycles. The first kappa shape index (κ1) is 12.4. The van der Waals surface area contributed by atoms with Gasteiger partial charge in [0.05, 0.1) is 10.8 Å². The van der Waals surface area contributed by atoms with E-state index >= 15 is 0 Å². The minimum absolute atomic E-state index is 0.256. The third kappa shape index (κ3) is 1.86. The minimum atomic E-state index is -3.25. The molecule has 0 saturated heterocycles. The molecular formula is C13H20N2O2S. The second-order valence-corrected chi connectivity index (χ2v) is 8.57. The molecule has 0 heterocycles. The molecule has 0 aromatic heterocycles. The normalized spacial score (nSPS) is 41.8. The fourth-order valence-electron chi connectivity index (χ4n) is 4.75. The Bertz CT molecular complexity index is 442. The van der Waals surface area contributed by atoms with E-state index in [2.05, 4.69) is 4.72 Å². The van der Waals surface area contributed by atoms with Crippen LogP contribution in [0.4, 0.5) is 0 Å². The predicted molar refractivity (Wildman–Crippen MR) is 68.1 cm³/mol. The van der Waals surface area contributed by atoms with Crippen molar-refractivity contribution in [3.63, 3.8) is 0 Å². The van der Waals surface area contributed by atoms with E-state index in [0.717, 1.165) is 19.3 Å². The molecule has 0 aromatic rings. The number of nitrogens with one attached hydrogen (secondary N) is 1. The third-order valence-corrected chi connectivity index (χ3v) is 7.31. The highest BCUT2D eigenvalue weighted by Gasteiger charge is 2.57. The van der Waals surface area contributed by atoms with Crippen LogP contribution in [-0.4, -0.2) is 19.7 Å². The molecule has 18 heavy (non-hydrogen) atoms. The largest absolute Gasteiger partial charge is 0.217 e. The van der Waals surface area contributed by atoms with E-state index in [4.69, 9.17) is 5.26 Å². The second-order valence-electron chi connectivity index (χ2n) is 6.41.